The molecule has 3 heterocycles. The fourth-order valence-electron chi connectivity index (χ4n) is 7.06. The molecular weight excluding hydrogens is 581 g/mol. The minimum Gasteiger partial charge on any atom is -0.294 e. The predicted octanol–water partition coefficient (Wildman–Crippen LogP) is 8.72. The van der Waals surface area contributed by atoms with Gasteiger partial charge in [-0.2, -0.15) is 5.06 Å². The molecule has 5 aromatic carbocycles. The van der Waals surface area contributed by atoms with Crippen molar-refractivity contribution in [3.05, 3.63) is 139 Å². The van der Waals surface area contributed by atoms with Crippen LogP contribution >= 0.6 is 0 Å². The first-order chi connectivity index (χ1) is 22.3. The minimum absolute atomic E-state index is 0.930. The van der Waals surface area contributed by atoms with Crippen LogP contribution in [0.4, 0.5) is 17.1 Å². The van der Waals surface area contributed by atoms with Gasteiger partial charge in [-0.3, -0.25) is 4.57 Å². The number of rotatable bonds is 5. The van der Waals surface area contributed by atoms with Gasteiger partial charge in [0, 0.05) is 24.0 Å². The van der Waals surface area contributed by atoms with Crippen molar-refractivity contribution in [2.75, 3.05) is 17.2 Å². The summed E-state index contributed by atoms with van der Waals surface area (Å²) in [6, 6.07) is 43.7. The molecule has 46 heavy (non-hydrogen) atoms. The molecule has 0 aliphatic carbocycles. The fraction of sp³-hybridized carbons (Fsp3) is 0.125. The van der Waals surface area contributed by atoms with Gasteiger partial charge < -0.3 is 0 Å². The van der Waals surface area contributed by atoms with E-state index in [1.54, 1.807) is 0 Å². The zero-order chi connectivity index (χ0) is 31.6. The maximum Gasteiger partial charge on any atom is 0.138 e. The molecule has 1 aliphatic rings. The summed E-state index contributed by atoms with van der Waals surface area (Å²) in [5.74, 6) is 0.930. The van der Waals surface area contributed by atoms with Gasteiger partial charge in [0.15, 0.2) is 0 Å². The van der Waals surface area contributed by atoms with E-state index in [0.717, 1.165) is 28.4 Å². The molecule has 0 bridgehead atoms. The summed E-state index contributed by atoms with van der Waals surface area (Å²) >= 11 is 0. The van der Waals surface area contributed by atoms with Gasteiger partial charge in [-0.1, -0.05) is 96.3 Å². The number of pyridine rings is 1. The van der Waals surface area contributed by atoms with Crippen molar-refractivity contribution in [2.24, 2.45) is 0 Å². The summed E-state index contributed by atoms with van der Waals surface area (Å²) in [6.07, 6.45) is 1.95. The molecule has 7 aromatic rings. The van der Waals surface area contributed by atoms with Crippen molar-refractivity contribution in [3.63, 3.8) is 0 Å². The Kier molecular flexibility index (Phi) is 6.60. The van der Waals surface area contributed by atoms with Gasteiger partial charge in [0.25, 0.3) is 0 Å². The molecule has 1 aliphatic heterocycles. The van der Waals surface area contributed by atoms with Crippen molar-refractivity contribution in [1.82, 2.24) is 9.55 Å². The predicted molar refractivity (Wildman–Crippen MR) is 195 cm³/mol. The van der Waals surface area contributed by atoms with Crippen molar-refractivity contribution >= 4 is 57.3 Å². The number of para-hydroxylation sites is 3. The van der Waals surface area contributed by atoms with Crippen LogP contribution in [0, 0.1) is 13.8 Å². The lowest BCUT2D eigenvalue weighted by Gasteiger charge is -2.26. The molecule has 0 saturated heterocycles. The second-order valence-electron chi connectivity index (χ2n) is 12.8. The number of anilines is 3. The molecule has 6 heteroatoms. The van der Waals surface area contributed by atoms with Crippen molar-refractivity contribution in [1.29, 1.82) is 0 Å². The van der Waals surface area contributed by atoms with Crippen LogP contribution in [-0.2, 0) is 4.94 Å². The van der Waals surface area contributed by atoms with Crippen LogP contribution in [0.15, 0.2) is 128 Å². The Labute approximate surface area is 270 Å². The van der Waals surface area contributed by atoms with E-state index in [0.29, 0.717) is 0 Å². The first kappa shape index (κ1) is 28.3. The highest BCUT2D eigenvalue weighted by Crippen LogP contribution is 2.40. The third-order valence-corrected chi connectivity index (χ3v) is 13.1. The lowest BCUT2D eigenvalue weighted by atomic mass is 9.96. The molecule has 0 spiro atoms. The summed E-state index contributed by atoms with van der Waals surface area (Å²) in [5, 5.41) is 8.94. The lowest BCUT2D eigenvalue weighted by Crippen LogP contribution is -2.52. The van der Waals surface area contributed by atoms with Gasteiger partial charge in [0.1, 0.15) is 13.9 Å². The molecule has 5 nitrogen and oxygen atoms in total. The number of hydrogen-bond acceptors (Lipinski definition) is 4. The Balaban J connectivity index is 1.26. The smallest absolute Gasteiger partial charge is 0.138 e. The van der Waals surface area contributed by atoms with Crippen LogP contribution < -0.4 is 20.5 Å². The van der Waals surface area contributed by atoms with E-state index in [9.17, 15) is 0 Å². The van der Waals surface area contributed by atoms with Crippen LogP contribution in [0.25, 0.3) is 38.8 Å². The fourth-order valence-corrected chi connectivity index (χ4v) is 9.41. The Morgan fingerprint density at radius 1 is 0.630 bits per heavy atom. The van der Waals surface area contributed by atoms with Gasteiger partial charge in [0.2, 0.25) is 0 Å². The van der Waals surface area contributed by atoms with E-state index in [-0.39, 0.29) is 0 Å². The van der Waals surface area contributed by atoms with E-state index < -0.39 is 8.07 Å². The molecular formula is C40H36N4OSi. The summed E-state index contributed by atoms with van der Waals surface area (Å²) in [6.45, 7) is 9.24. The topological polar surface area (TPSA) is 33.5 Å². The number of fused-ring (bicyclic) bond motifs is 4. The van der Waals surface area contributed by atoms with E-state index in [2.05, 4.69) is 147 Å². The van der Waals surface area contributed by atoms with Gasteiger partial charge in [-0.05, 0) is 84.6 Å². The van der Waals surface area contributed by atoms with Crippen molar-refractivity contribution < 1.29 is 4.94 Å². The minimum atomic E-state index is -2.14. The van der Waals surface area contributed by atoms with Crippen molar-refractivity contribution in [2.45, 2.75) is 26.9 Å². The Morgan fingerprint density at radius 2 is 1.33 bits per heavy atom. The van der Waals surface area contributed by atoms with Crippen LogP contribution in [0.5, 0.6) is 0 Å². The van der Waals surface area contributed by atoms with Gasteiger partial charge >= 0.3 is 0 Å². The lowest BCUT2D eigenvalue weighted by molar-refractivity contribution is 0.142. The number of hydroxylamine groups is 1. The highest BCUT2D eigenvalue weighted by molar-refractivity contribution is 7.00. The molecule has 226 valence electrons. The summed E-state index contributed by atoms with van der Waals surface area (Å²) < 4.78 is 2.34. The van der Waals surface area contributed by atoms with E-state index in [4.69, 9.17) is 9.92 Å². The normalized spacial score (nSPS) is 13.2. The quantitative estimate of drug-likeness (QED) is 0.181. The molecule has 0 atom stereocenters. The van der Waals surface area contributed by atoms with Crippen LogP contribution in [0.3, 0.4) is 0 Å². The maximum atomic E-state index is 6.18. The Morgan fingerprint density at radius 3 is 2.15 bits per heavy atom. The number of benzene rings is 5. The first-order valence-corrected chi connectivity index (χ1v) is 18.8. The summed E-state index contributed by atoms with van der Waals surface area (Å²) in [7, 11) is -0.198. The maximum absolute atomic E-state index is 6.18. The standard InChI is InChI=1S/C40H36N4OSi/c1-27-12-10-13-28(2)40(27)29-22-23-41-39(24-29)43-35-17-7-6-16-33(35)34-21-20-32(26-38(34)43)46(4,5)31-15-11-14-30(25-31)44-37-19-9-8-18-36(37)42(3)45-44/h6-26H,1-5H3. The molecule has 0 amide bonds. The monoisotopic (exact) mass is 616 g/mol. The first-order valence-electron chi connectivity index (χ1n) is 15.8. The number of nitrogens with zero attached hydrogens (tertiary/aromatic N) is 4. The van der Waals surface area contributed by atoms with Crippen molar-refractivity contribution in [3.8, 4) is 16.9 Å². The third-order valence-electron chi connectivity index (χ3n) is 9.59. The van der Waals surface area contributed by atoms with E-state index in [1.807, 2.05) is 29.4 Å². The third kappa shape index (κ3) is 4.44. The molecule has 0 radical (unpaired) electrons. The number of aromatic nitrogens is 2. The molecule has 8 rings (SSSR count). The number of hydrogen-bond donors (Lipinski definition) is 0. The number of aryl methyl sites for hydroxylation is 2. The molecule has 0 unspecified atom stereocenters. The summed E-state index contributed by atoms with van der Waals surface area (Å²) in [5.41, 5.74) is 10.5. The second kappa shape index (κ2) is 10.7. The van der Waals surface area contributed by atoms with Crippen LogP contribution in [-0.4, -0.2) is 24.7 Å². The van der Waals surface area contributed by atoms with Gasteiger partial charge in [-0.25, -0.2) is 10.0 Å². The molecule has 2 aromatic heterocycles. The SMILES string of the molecule is Cc1cccc(C)c1-c1ccnc(-n2c3ccccc3c3ccc([Si](C)(C)c4cccc(N5ON(C)c6ccccc65)c4)cc32)c1. The van der Waals surface area contributed by atoms with Gasteiger partial charge in [-0.15, -0.1) is 4.94 Å². The highest BCUT2D eigenvalue weighted by atomic mass is 28.3. The Bertz CT molecular complexity index is 2270. The van der Waals surface area contributed by atoms with E-state index in [1.165, 1.54) is 48.9 Å². The summed E-state index contributed by atoms with van der Waals surface area (Å²) in [4.78, 5) is 11.1. The zero-order valence-corrected chi connectivity index (χ0v) is 27.8. The zero-order valence-electron chi connectivity index (χ0n) is 26.8. The average molecular weight is 617 g/mol. The Hall–Kier alpha value is -5.17. The van der Waals surface area contributed by atoms with Gasteiger partial charge in [0.05, 0.1) is 28.1 Å². The second-order valence-corrected chi connectivity index (χ2v) is 17.2. The largest absolute Gasteiger partial charge is 0.294 e. The van der Waals surface area contributed by atoms with E-state index >= 15 is 0 Å². The van der Waals surface area contributed by atoms with Crippen LogP contribution in [0.2, 0.25) is 13.1 Å². The molecule has 0 saturated carbocycles. The van der Waals surface area contributed by atoms with Crippen LogP contribution in [0.1, 0.15) is 11.1 Å². The highest BCUT2D eigenvalue weighted by Gasteiger charge is 2.30. The molecule has 0 fully saturated rings. The average Bonchev–Trinajstić information content (AvgIpc) is 3.59. The molecule has 0 N–H and O–H groups in total.